The van der Waals surface area contributed by atoms with Crippen molar-refractivity contribution in [1.82, 2.24) is 15.5 Å². The van der Waals surface area contributed by atoms with Crippen LogP contribution in [0.15, 0.2) is 30.3 Å². The van der Waals surface area contributed by atoms with Gasteiger partial charge >= 0.3 is 6.09 Å². The van der Waals surface area contributed by atoms with E-state index in [2.05, 4.69) is 37.1 Å². The number of benzene rings is 1. The Kier molecular flexibility index (Phi) is 10.1. The lowest BCUT2D eigenvalue weighted by Gasteiger charge is -2.34. The molecule has 184 valence electrons. The van der Waals surface area contributed by atoms with Crippen LogP contribution in [0.5, 0.6) is 0 Å². The first-order valence-electron chi connectivity index (χ1n) is 11.8. The molecule has 1 aliphatic rings. The summed E-state index contributed by atoms with van der Waals surface area (Å²) >= 11 is 4.32. The first kappa shape index (κ1) is 27.0. The van der Waals surface area contributed by atoms with Crippen LogP contribution >= 0.6 is 12.6 Å². The van der Waals surface area contributed by atoms with Crippen molar-refractivity contribution in [3.05, 3.63) is 35.9 Å². The van der Waals surface area contributed by atoms with Crippen LogP contribution in [-0.2, 0) is 14.3 Å². The maximum absolute atomic E-state index is 13.7. The van der Waals surface area contributed by atoms with Crippen molar-refractivity contribution in [2.75, 3.05) is 12.3 Å². The fourth-order valence-electron chi connectivity index (χ4n) is 3.74. The minimum Gasteiger partial charge on any atom is -0.444 e. The number of hydrogen-bond donors (Lipinski definition) is 3. The molecule has 0 saturated heterocycles. The lowest BCUT2D eigenvalue weighted by Crippen LogP contribution is -2.54. The predicted molar refractivity (Wildman–Crippen MR) is 133 cm³/mol. The van der Waals surface area contributed by atoms with E-state index in [1.54, 1.807) is 25.7 Å². The van der Waals surface area contributed by atoms with Crippen LogP contribution in [0, 0.1) is 5.92 Å². The normalized spacial score (nSPS) is 19.2. The number of carbonyl (C=O) groups excluding carboxylic acids is 3. The van der Waals surface area contributed by atoms with Crippen molar-refractivity contribution in [3.8, 4) is 0 Å². The number of amides is 3. The molecule has 0 heterocycles. The van der Waals surface area contributed by atoms with Gasteiger partial charge in [0.2, 0.25) is 11.8 Å². The highest BCUT2D eigenvalue weighted by atomic mass is 32.1. The van der Waals surface area contributed by atoms with Crippen LogP contribution in [0.3, 0.4) is 0 Å². The van der Waals surface area contributed by atoms with E-state index < -0.39 is 23.8 Å². The number of rotatable bonds is 11. The van der Waals surface area contributed by atoms with E-state index in [-0.39, 0.29) is 29.5 Å². The quantitative estimate of drug-likeness (QED) is 0.331. The Hall–Kier alpha value is -2.22. The van der Waals surface area contributed by atoms with Crippen LogP contribution < -0.4 is 10.6 Å². The van der Waals surface area contributed by atoms with Gasteiger partial charge in [-0.05, 0) is 45.1 Å². The van der Waals surface area contributed by atoms with E-state index in [1.807, 2.05) is 30.3 Å². The van der Waals surface area contributed by atoms with Gasteiger partial charge in [0.05, 0.1) is 0 Å². The van der Waals surface area contributed by atoms with E-state index >= 15 is 0 Å². The van der Waals surface area contributed by atoms with Gasteiger partial charge in [-0.3, -0.25) is 9.59 Å². The summed E-state index contributed by atoms with van der Waals surface area (Å²) in [5.74, 6) is -0.173. The molecule has 7 nitrogen and oxygen atoms in total. The first-order chi connectivity index (χ1) is 15.6. The van der Waals surface area contributed by atoms with E-state index in [1.165, 1.54) is 0 Å². The van der Waals surface area contributed by atoms with Gasteiger partial charge in [0.1, 0.15) is 17.7 Å². The zero-order valence-electron chi connectivity index (χ0n) is 20.5. The first-order valence-corrected chi connectivity index (χ1v) is 12.5. The number of unbranched alkanes of at least 4 members (excludes halogenated alkanes) is 2. The minimum atomic E-state index is -0.907. The Bertz CT molecular complexity index is 797. The lowest BCUT2D eigenvalue weighted by molar-refractivity contribution is -0.143. The highest BCUT2D eigenvalue weighted by molar-refractivity contribution is 7.80. The SMILES string of the molecule is CCCCCNC(=O)C(c1ccccc1)N(C(=O)C(CS)NC(=O)OC(C)(C)C)C1CC1C. The summed E-state index contributed by atoms with van der Waals surface area (Å²) in [5, 5.41) is 5.66. The van der Waals surface area contributed by atoms with Crippen molar-refractivity contribution in [2.24, 2.45) is 5.92 Å². The average molecular weight is 478 g/mol. The summed E-state index contributed by atoms with van der Waals surface area (Å²) in [7, 11) is 0. The molecular weight excluding hydrogens is 438 g/mol. The zero-order chi connectivity index (χ0) is 24.6. The molecule has 0 aromatic heterocycles. The van der Waals surface area contributed by atoms with E-state index in [9.17, 15) is 14.4 Å². The smallest absolute Gasteiger partial charge is 0.408 e. The van der Waals surface area contributed by atoms with Gasteiger partial charge in [-0.25, -0.2) is 4.79 Å². The van der Waals surface area contributed by atoms with E-state index in [0.717, 1.165) is 31.2 Å². The second-order valence-electron chi connectivity index (χ2n) is 9.72. The van der Waals surface area contributed by atoms with Gasteiger partial charge in [-0.1, -0.05) is 57.0 Å². The van der Waals surface area contributed by atoms with Gasteiger partial charge in [0.25, 0.3) is 0 Å². The summed E-state index contributed by atoms with van der Waals surface area (Å²) < 4.78 is 5.33. The molecule has 2 N–H and O–H groups in total. The van der Waals surface area contributed by atoms with Gasteiger partial charge in [-0.15, -0.1) is 0 Å². The van der Waals surface area contributed by atoms with Crippen molar-refractivity contribution in [1.29, 1.82) is 0 Å². The molecule has 1 fully saturated rings. The fraction of sp³-hybridized carbons (Fsp3) is 0.640. The summed E-state index contributed by atoms with van der Waals surface area (Å²) in [6.07, 6.45) is 3.10. The molecule has 1 saturated carbocycles. The monoisotopic (exact) mass is 477 g/mol. The number of nitrogens with zero attached hydrogens (tertiary/aromatic N) is 1. The molecule has 33 heavy (non-hydrogen) atoms. The Morgan fingerprint density at radius 3 is 2.33 bits per heavy atom. The van der Waals surface area contributed by atoms with Crippen LogP contribution in [0.25, 0.3) is 0 Å². The molecule has 0 spiro atoms. The molecule has 1 aromatic rings. The number of nitrogens with one attached hydrogen (secondary N) is 2. The molecule has 1 aromatic carbocycles. The summed E-state index contributed by atoms with van der Waals surface area (Å²) in [4.78, 5) is 41.1. The minimum absolute atomic E-state index is 0.0769. The van der Waals surface area contributed by atoms with E-state index in [4.69, 9.17) is 4.74 Å². The van der Waals surface area contributed by atoms with Crippen molar-refractivity contribution >= 4 is 30.5 Å². The Labute approximate surface area is 203 Å². The number of ether oxygens (including phenoxy) is 1. The molecule has 0 bridgehead atoms. The van der Waals surface area contributed by atoms with Crippen LogP contribution in [0.1, 0.15) is 71.9 Å². The number of thiol groups is 1. The molecule has 2 rings (SSSR count). The maximum atomic E-state index is 13.7. The average Bonchev–Trinajstić information content (AvgIpc) is 3.47. The number of alkyl carbamates (subject to hydrolysis) is 1. The molecule has 3 amide bonds. The van der Waals surface area contributed by atoms with Gasteiger partial charge in [0, 0.05) is 18.3 Å². The molecule has 1 aliphatic carbocycles. The van der Waals surface area contributed by atoms with Crippen LogP contribution in [-0.4, -0.2) is 52.8 Å². The van der Waals surface area contributed by atoms with Gasteiger partial charge < -0.3 is 20.3 Å². The third kappa shape index (κ3) is 8.25. The van der Waals surface area contributed by atoms with Crippen molar-refractivity contribution in [3.63, 3.8) is 0 Å². The maximum Gasteiger partial charge on any atom is 0.408 e. The third-order valence-corrected chi connectivity index (χ3v) is 5.94. The molecule has 8 heteroatoms. The van der Waals surface area contributed by atoms with Crippen molar-refractivity contribution < 1.29 is 19.1 Å². The molecule has 0 aliphatic heterocycles. The Morgan fingerprint density at radius 1 is 1.18 bits per heavy atom. The summed E-state index contributed by atoms with van der Waals surface area (Å²) in [6, 6.07) is 7.56. The topological polar surface area (TPSA) is 87.7 Å². The summed E-state index contributed by atoms with van der Waals surface area (Å²) in [5.41, 5.74) is 0.0531. The van der Waals surface area contributed by atoms with Crippen molar-refractivity contribution in [2.45, 2.75) is 84.0 Å². The Balaban J connectivity index is 2.31. The van der Waals surface area contributed by atoms with Crippen LogP contribution in [0.4, 0.5) is 4.79 Å². The molecular formula is C25H39N3O4S. The summed E-state index contributed by atoms with van der Waals surface area (Å²) in [6.45, 7) is 10.0. The number of carbonyl (C=O) groups is 3. The predicted octanol–water partition coefficient (Wildman–Crippen LogP) is 4.09. The second kappa shape index (κ2) is 12.3. The Morgan fingerprint density at radius 2 is 1.82 bits per heavy atom. The van der Waals surface area contributed by atoms with Crippen LogP contribution in [0.2, 0.25) is 0 Å². The highest BCUT2D eigenvalue weighted by Crippen LogP contribution is 2.40. The molecule has 4 atom stereocenters. The third-order valence-electron chi connectivity index (χ3n) is 5.57. The highest BCUT2D eigenvalue weighted by Gasteiger charge is 2.48. The van der Waals surface area contributed by atoms with Gasteiger partial charge in [0.15, 0.2) is 0 Å². The molecule has 4 unspecified atom stereocenters. The van der Waals surface area contributed by atoms with Gasteiger partial charge in [-0.2, -0.15) is 12.6 Å². The largest absolute Gasteiger partial charge is 0.444 e. The second-order valence-corrected chi connectivity index (χ2v) is 10.1. The number of hydrogen-bond acceptors (Lipinski definition) is 5. The zero-order valence-corrected chi connectivity index (χ0v) is 21.4. The van der Waals surface area contributed by atoms with E-state index in [0.29, 0.717) is 6.54 Å². The lowest BCUT2D eigenvalue weighted by atomic mass is 10.0. The standard InChI is InChI=1S/C25H39N3O4S/c1-6-7-11-14-26-22(29)21(18-12-9-8-10-13-18)28(20-15-17(20)2)23(30)19(16-33)27-24(31)32-25(3,4)5/h8-10,12-13,17,19-21,33H,6-7,11,14-16H2,1-5H3,(H,26,29)(H,27,31). The molecule has 0 radical (unpaired) electrons. The fourth-order valence-corrected chi connectivity index (χ4v) is 3.99.